The molecule has 178 valence electrons. The maximum atomic E-state index is 12.7. The van der Waals surface area contributed by atoms with Crippen LogP contribution in [0.1, 0.15) is 57.4 Å². The lowest BCUT2D eigenvalue weighted by molar-refractivity contribution is -0.143. The number of carboxylic acid groups (broad SMARTS) is 1. The number of unbranched alkanes of at least 4 members (excludes halogenated alkanes) is 1. The zero-order valence-electron chi connectivity index (χ0n) is 19.5. The van der Waals surface area contributed by atoms with Crippen molar-refractivity contribution in [2.45, 2.75) is 70.5 Å². The van der Waals surface area contributed by atoms with Crippen molar-refractivity contribution in [3.63, 3.8) is 0 Å². The molecule has 1 aromatic rings. The molecule has 0 radical (unpaired) electrons. The van der Waals surface area contributed by atoms with Gasteiger partial charge in [0, 0.05) is 31.2 Å². The molecule has 2 atom stereocenters. The number of fused-ring (bicyclic) bond motifs is 1. The van der Waals surface area contributed by atoms with Crippen LogP contribution in [-0.4, -0.2) is 83.6 Å². The van der Waals surface area contributed by atoms with Gasteiger partial charge >= 0.3 is 0 Å². The van der Waals surface area contributed by atoms with Gasteiger partial charge in [-0.05, 0) is 71.1 Å². The van der Waals surface area contributed by atoms with Crippen molar-refractivity contribution in [1.29, 1.82) is 0 Å². The molecule has 0 bridgehead atoms. The molecule has 3 saturated heterocycles. The Kier molecular flexibility index (Phi) is 9.81. The Labute approximate surface area is 192 Å². The molecule has 0 aromatic heterocycles. The van der Waals surface area contributed by atoms with Crippen molar-refractivity contribution >= 4 is 12.4 Å². The number of hydrogen-bond acceptors (Lipinski definition) is 5. The summed E-state index contributed by atoms with van der Waals surface area (Å²) in [6, 6.07) is 8.73. The molecule has 1 N–H and O–H groups in total. The van der Waals surface area contributed by atoms with E-state index in [2.05, 4.69) is 45.9 Å². The minimum absolute atomic E-state index is 0.0399. The molecule has 32 heavy (non-hydrogen) atoms. The van der Waals surface area contributed by atoms with Crippen molar-refractivity contribution in [2.24, 2.45) is 0 Å². The summed E-state index contributed by atoms with van der Waals surface area (Å²) in [5.41, 5.74) is 1.20. The molecule has 0 saturated carbocycles. The molecular formula is C25H39N3O4. The lowest BCUT2D eigenvalue weighted by Gasteiger charge is -2.41. The van der Waals surface area contributed by atoms with E-state index in [1.54, 1.807) is 0 Å². The zero-order chi connectivity index (χ0) is 22.8. The summed E-state index contributed by atoms with van der Waals surface area (Å²) in [6.45, 7) is 9.05. The number of benzene rings is 1. The Hall–Kier alpha value is -2.12. The summed E-state index contributed by atoms with van der Waals surface area (Å²) in [6.07, 6.45) is 8.71. The van der Waals surface area contributed by atoms with Crippen molar-refractivity contribution in [2.75, 3.05) is 39.3 Å². The Bertz CT molecular complexity index is 723. The molecule has 1 aromatic carbocycles. The monoisotopic (exact) mass is 445 g/mol. The molecule has 0 spiro atoms. The quantitative estimate of drug-likeness (QED) is 0.489. The van der Waals surface area contributed by atoms with E-state index in [4.69, 9.17) is 14.6 Å². The number of amides is 1. The SMILES string of the molecule is C[C@H]1C(=O)N2CCC[C@@H]2CN1Cc1ccccc1OCCCCN1CCCCC1.O=CO. The summed E-state index contributed by atoms with van der Waals surface area (Å²) >= 11 is 0. The first-order valence-electron chi connectivity index (χ1n) is 12.2. The normalized spacial score (nSPS) is 23.9. The number of ether oxygens (including phenoxy) is 1. The van der Waals surface area contributed by atoms with E-state index in [9.17, 15) is 4.79 Å². The molecule has 0 aliphatic carbocycles. The topological polar surface area (TPSA) is 73.3 Å². The fourth-order valence-corrected chi connectivity index (χ4v) is 5.14. The van der Waals surface area contributed by atoms with Gasteiger partial charge in [-0.25, -0.2) is 0 Å². The van der Waals surface area contributed by atoms with Gasteiger partial charge in [0.1, 0.15) is 5.75 Å². The van der Waals surface area contributed by atoms with E-state index in [0.717, 1.165) is 51.3 Å². The molecule has 3 fully saturated rings. The number of nitrogens with zero attached hydrogens (tertiary/aromatic N) is 3. The van der Waals surface area contributed by atoms with Gasteiger partial charge in [0.05, 0.1) is 12.6 Å². The van der Waals surface area contributed by atoms with Crippen molar-refractivity contribution < 1.29 is 19.4 Å². The average Bonchev–Trinajstić information content (AvgIpc) is 3.28. The minimum atomic E-state index is -0.250. The van der Waals surface area contributed by atoms with E-state index in [-0.39, 0.29) is 12.5 Å². The van der Waals surface area contributed by atoms with Crippen LogP contribution < -0.4 is 4.74 Å². The summed E-state index contributed by atoms with van der Waals surface area (Å²) in [5.74, 6) is 1.29. The number of carbonyl (C=O) groups is 2. The van der Waals surface area contributed by atoms with Crippen molar-refractivity contribution in [1.82, 2.24) is 14.7 Å². The van der Waals surface area contributed by atoms with Crippen LogP contribution in [0.25, 0.3) is 0 Å². The predicted octanol–water partition coefficient (Wildman–Crippen LogP) is 3.23. The second-order valence-electron chi connectivity index (χ2n) is 9.10. The fourth-order valence-electron chi connectivity index (χ4n) is 5.14. The van der Waals surface area contributed by atoms with Crippen LogP contribution in [-0.2, 0) is 16.1 Å². The third-order valence-corrected chi connectivity index (χ3v) is 6.93. The second-order valence-corrected chi connectivity index (χ2v) is 9.10. The molecule has 1 amide bonds. The van der Waals surface area contributed by atoms with Crippen LogP contribution in [0, 0.1) is 0 Å². The van der Waals surface area contributed by atoms with Gasteiger partial charge < -0.3 is 19.6 Å². The number of likely N-dealkylation sites (tertiary alicyclic amines) is 1. The lowest BCUT2D eigenvalue weighted by atomic mass is 10.1. The Morgan fingerprint density at radius 1 is 1.09 bits per heavy atom. The first-order chi connectivity index (χ1) is 15.6. The number of para-hydroxylation sites is 1. The van der Waals surface area contributed by atoms with E-state index in [1.807, 2.05) is 0 Å². The first-order valence-corrected chi connectivity index (χ1v) is 12.2. The highest BCUT2D eigenvalue weighted by molar-refractivity contribution is 5.83. The summed E-state index contributed by atoms with van der Waals surface area (Å²) in [5, 5.41) is 6.89. The number of carbonyl (C=O) groups excluding carboxylic acids is 1. The second kappa shape index (κ2) is 12.8. The number of piperazine rings is 1. The van der Waals surface area contributed by atoms with Gasteiger partial charge in [0.2, 0.25) is 5.91 Å². The minimum Gasteiger partial charge on any atom is -0.493 e. The van der Waals surface area contributed by atoms with Gasteiger partial charge in [-0.2, -0.15) is 0 Å². The summed E-state index contributed by atoms with van der Waals surface area (Å²) < 4.78 is 6.18. The van der Waals surface area contributed by atoms with Crippen molar-refractivity contribution in [3.05, 3.63) is 29.8 Å². The van der Waals surface area contributed by atoms with Crippen molar-refractivity contribution in [3.8, 4) is 5.75 Å². The van der Waals surface area contributed by atoms with Crippen LogP contribution in [0.15, 0.2) is 24.3 Å². The van der Waals surface area contributed by atoms with E-state index in [1.165, 1.54) is 50.9 Å². The summed E-state index contributed by atoms with van der Waals surface area (Å²) in [7, 11) is 0. The zero-order valence-corrected chi connectivity index (χ0v) is 19.5. The predicted molar refractivity (Wildman–Crippen MR) is 125 cm³/mol. The molecule has 3 aliphatic rings. The molecule has 7 nitrogen and oxygen atoms in total. The highest BCUT2D eigenvalue weighted by atomic mass is 16.5. The van der Waals surface area contributed by atoms with Gasteiger partial charge in [-0.15, -0.1) is 0 Å². The van der Waals surface area contributed by atoms with Gasteiger partial charge in [0.15, 0.2) is 0 Å². The fraction of sp³-hybridized carbons (Fsp3) is 0.680. The number of piperidine rings is 1. The van der Waals surface area contributed by atoms with Crippen LogP contribution in [0.5, 0.6) is 5.75 Å². The molecule has 3 aliphatic heterocycles. The van der Waals surface area contributed by atoms with Crippen LogP contribution in [0.3, 0.4) is 0 Å². The maximum Gasteiger partial charge on any atom is 0.290 e. The summed E-state index contributed by atoms with van der Waals surface area (Å²) in [4.78, 5) is 28.1. The van der Waals surface area contributed by atoms with Crippen LogP contribution in [0.4, 0.5) is 0 Å². The molecule has 3 heterocycles. The molecule has 4 rings (SSSR count). The van der Waals surface area contributed by atoms with E-state index >= 15 is 0 Å². The highest BCUT2D eigenvalue weighted by Gasteiger charge is 2.40. The Balaban J connectivity index is 0.000000913. The standard InChI is InChI=1S/C24H37N3O2.CH2O2/c1-20-24(28)27-16-9-11-22(27)19-26(20)18-21-10-3-4-12-23(21)29-17-8-7-15-25-13-5-2-6-14-25;2-1-3/h3-4,10,12,20,22H,2,5-9,11,13-19H2,1H3;1H,(H,2,3)/t20-,22+;/m0./s1. The van der Waals surface area contributed by atoms with Gasteiger partial charge in [-0.1, -0.05) is 24.6 Å². The average molecular weight is 446 g/mol. The number of hydrogen-bond donors (Lipinski definition) is 1. The van der Waals surface area contributed by atoms with E-state index in [0.29, 0.717) is 11.9 Å². The Morgan fingerprint density at radius 2 is 1.84 bits per heavy atom. The van der Waals surface area contributed by atoms with Gasteiger partial charge in [0.25, 0.3) is 6.47 Å². The molecule has 7 heteroatoms. The largest absolute Gasteiger partial charge is 0.493 e. The number of rotatable bonds is 8. The molecule has 0 unspecified atom stereocenters. The Morgan fingerprint density at radius 3 is 2.62 bits per heavy atom. The first kappa shape index (κ1) is 24.5. The molecular weight excluding hydrogens is 406 g/mol. The van der Waals surface area contributed by atoms with Crippen LogP contribution >= 0.6 is 0 Å². The third kappa shape index (κ3) is 6.69. The third-order valence-electron chi connectivity index (χ3n) is 6.93. The maximum absolute atomic E-state index is 12.7. The van der Waals surface area contributed by atoms with E-state index < -0.39 is 0 Å². The van der Waals surface area contributed by atoms with Gasteiger partial charge in [-0.3, -0.25) is 14.5 Å². The smallest absolute Gasteiger partial charge is 0.290 e. The highest BCUT2D eigenvalue weighted by Crippen LogP contribution is 2.28. The lowest BCUT2D eigenvalue weighted by Crippen LogP contribution is -2.58. The van der Waals surface area contributed by atoms with Crippen LogP contribution in [0.2, 0.25) is 0 Å².